The molecule has 0 saturated carbocycles. The second-order valence-corrected chi connectivity index (χ2v) is 6.19. The number of hydrogen-bond donors (Lipinski definition) is 1. The fourth-order valence-corrected chi connectivity index (χ4v) is 3.41. The van der Waals surface area contributed by atoms with Crippen LogP contribution in [0, 0.1) is 0 Å². The first-order valence-electron chi connectivity index (χ1n) is 4.51. The first kappa shape index (κ1) is 12.6. The third kappa shape index (κ3) is 2.51. The van der Waals surface area contributed by atoms with Crippen molar-refractivity contribution in [2.45, 2.75) is 6.04 Å². The van der Waals surface area contributed by atoms with E-state index in [4.69, 9.17) is 17.3 Å². The van der Waals surface area contributed by atoms with Crippen molar-refractivity contribution >= 4 is 54.8 Å². The Bertz CT molecular complexity index is 512. The Morgan fingerprint density at radius 2 is 1.94 bits per heavy atom. The van der Waals surface area contributed by atoms with Gasteiger partial charge in [0.05, 0.1) is 11.1 Å². The van der Waals surface area contributed by atoms with Crippen molar-refractivity contribution in [1.29, 1.82) is 0 Å². The van der Waals surface area contributed by atoms with Gasteiger partial charge in [-0.05, 0) is 60.5 Å². The van der Waals surface area contributed by atoms with E-state index in [0.29, 0.717) is 5.02 Å². The Balaban J connectivity index is 2.38. The Morgan fingerprint density at radius 3 is 2.50 bits per heavy atom. The van der Waals surface area contributed by atoms with Crippen molar-refractivity contribution < 1.29 is 0 Å². The molecule has 1 unspecified atom stereocenters. The van der Waals surface area contributed by atoms with E-state index in [-0.39, 0.29) is 6.04 Å². The lowest BCUT2D eigenvalue weighted by molar-refractivity contribution is 0.871. The maximum atomic E-state index is 6.18. The van der Waals surface area contributed by atoms with Crippen LogP contribution in [0.2, 0.25) is 5.02 Å². The largest absolute Gasteiger partial charge is 0.320 e. The molecule has 0 spiro atoms. The number of benzene rings is 1. The van der Waals surface area contributed by atoms with Gasteiger partial charge in [0.15, 0.2) is 0 Å². The van der Waals surface area contributed by atoms with Crippen molar-refractivity contribution in [3.05, 3.63) is 54.1 Å². The van der Waals surface area contributed by atoms with Gasteiger partial charge < -0.3 is 5.73 Å². The minimum absolute atomic E-state index is 0.147. The molecule has 1 aromatic heterocycles. The normalized spacial score (nSPS) is 12.8. The zero-order valence-electron chi connectivity index (χ0n) is 8.08. The maximum absolute atomic E-state index is 6.18. The number of halogens is 3. The van der Waals surface area contributed by atoms with Crippen molar-refractivity contribution in [3.8, 4) is 0 Å². The molecule has 0 aliphatic carbocycles. The van der Waals surface area contributed by atoms with Gasteiger partial charge in [0.1, 0.15) is 0 Å². The lowest BCUT2D eigenvalue weighted by Crippen LogP contribution is -2.11. The Kier molecular flexibility index (Phi) is 4.08. The molecule has 0 amide bonds. The van der Waals surface area contributed by atoms with Gasteiger partial charge in [-0.2, -0.15) is 11.3 Å². The van der Waals surface area contributed by atoms with Gasteiger partial charge in [-0.15, -0.1) is 0 Å². The molecule has 1 aromatic carbocycles. The quantitative estimate of drug-likeness (QED) is 0.780. The molecule has 0 aliphatic heterocycles. The molecule has 1 heterocycles. The Hall–Kier alpha value is 0.130. The third-order valence-corrected chi connectivity index (χ3v) is 5.26. The molecular weight excluding hydrogens is 373 g/mol. The second kappa shape index (κ2) is 5.19. The summed E-state index contributed by atoms with van der Waals surface area (Å²) in [7, 11) is 0. The van der Waals surface area contributed by atoms with E-state index in [1.54, 1.807) is 11.3 Å². The summed E-state index contributed by atoms with van der Waals surface area (Å²) in [5.74, 6) is 0. The molecule has 0 radical (unpaired) electrons. The summed E-state index contributed by atoms with van der Waals surface area (Å²) in [5.41, 5.74) is 8.28. The van der Waals surface area contributed by atoms with E-state index >= 15 is 0 Å². The molecular formula is C11H8Br2ClNS. The summed E-state index contributed by atoms with van der Waals surface area (Å²) in [6.07, 6.45) is 0. The standard InChI is InChI=1S/C11H8Br2ClNS/c12-8-2-1-6(3-10(8)14)11(15)7-4-16-5-9(7)13/h1-5,11H,15H2. The summed E-state index contributed by atoms with van der Waals surface area (Å²) in [5, 5.41) is 4.75. The van der Waals surface area contributed by atoms with Crippen LogP contribution >= 0.6 is 54.8 Å². The van der Waals surface area contributed by atoms with Crippen LogP contribution in [0.25, 0.3) is 0 Å². The molecule has 5 heteroatoms. The lowest BCUT2D eigenvalue weighted by Gasteiger charge is -2.12. The van der Waals surface area contributed by atoms with Gasteiger partial charge in [0.25, 0.3) is 0 Å². The molecule has 2 N–H and O–H groups in total. The van der Waals surface area contributed by atoms with Gasteiger partial charge in [0.2, 0.25) is 0 Å². The predicted molar refractivity (Wildman–Crippen MR) is 77.2 cm³/mol. The van der Waals surface area contributed by atoms with E-state index in [1.807, 2.05) is 29.0 Å². The first-order valence-corrected chi connectivity index (χ1v) is 7.42. The molecule has 0 saturated heterocycles. The van der Waals surface area contributed by atoms with E-state index in [9.17, 15) is 0 Å². The van der Waals surface area contributed by atoms with E-state index < -0.39 is 0 Å². The highest BCUT2D eigenvalue weighted by Gasteiger charge is 2.13. The fourth-order valence-electron chi connectivity index (χ4n) is 1.40. The van der Waals surface area contributed by atoms with Crippen LogP contribution in [0.5, 0.6) is 0 Å². The first-order chi connectivity index (χ1) is 7.59. The van der Waals surface area contributed by atoms with Crippen molar-refractivity contribution in [2.75, 3.05) is 0 Å². The molecule has 0 aliphatic rings. The Labute approximate surface area is 120 Å². The molecule has 0 bridgehead atoms. The zero-order valence-corrected chi connectivity index (χ0v) is 12.8. The van der Waals surface area contributed by atoms with E-state index in [0.717, 1.165) is 20.1 Å². The lowest BCUT2D eigenvalue weighted by atomic mass is 10.0. The number of rotatable bonds is 2. The predicted octanol–water partition coefficient (Wildman–Crippen LogP) is 4.97. The highest BCUT2D eigenvalue weighted by atomic mass is 79.9. The van der Waals surface area contributed by atoms with Gasteiger partial charge in [-0.3, -0.25) is 0 Å². The van der Waals surface area contributed by atoms with Crippen LogP contribution in [0.1, 0.15) is 17.2 Å². The summed E-state index contributed by atoms with van der Waals surface area (Å²) < 4.78 is 1.93. The highest BCUT2D eigenvalue weighted by Crippen LogP contribution is 2.32. The molecule has 84 valence electrons. The maximum Gasteiger partial charge on any atom is 0.0571 e. The average Bonchev–Trinajstić information content (AvgIpc) is 2.67. The summed E-state index contributed by atoms with van der Waals surface area (Å²) >= 11 is 14.5. The summed E-state index contributed by atoms with van der Waals surface area (Å²) in [4.78, 5) is 0. The number of thiophene rings is 1. The van der Waals surface area contributed by atoms with Crippen LogP contribution in [0.4, 0.5) is 0 Å². The Morgan fingerprint density at radius 1 is 1.19 bits per heavy atom. The van der Waals surface area contributed by atoms with Crippen LogP contribution in [0.3, 0.4) is 0 Å². The number of nitrogens with two attached hydrogens (primary N) is 1. The van der Waals surface area contributed by atoms with Gasteiger partial charge >= 0.3 is 0 Å². The molecule has 1 atom stereocenters. The fraction of sp³-hybridized carbons (Fsp3) is 0.0909. The highest BCUT2D eigenvalue weighted by molar-refractivity contribution is 9.10. The van der Waals surface area contributed by atoms with Crippen LogP contribution in [0.15, 0.2) is 37.9 Å². The third-order valence-electron chi connectivity index (χ3n) is 2.28. The minimum Gasteiger partial charge on any atom is -0.320 e. The number of hydrogen-bond acceptors (Lipinski definition) is 2. The van der Waals surface area contributed by atoms with Crippen molar-refractivity contribution in [1.82, 2.24) is 0 Å². The van der Waals surface area contributed by atoms with Gasteiger partial charge in [0, 0.05) is 14.3 Å². The topological polar surface area (TPSA) is 26.0 Å². The monoisotopic (exact) mass is 379 g/mol. The molecule has 2 aromatic rings. The minimum atomic E-state index is -0.147. The van der Waals surface area contributed by atoms with E-state index in [1.165, 1.54) is 0 Å². The van der Waals surface area contributed by atoms with Crippen LogP contribution in [-0.4, -0.2) is 0 Å². The average molecular weight is 382 g/mol. The van der Waals surface area contributed by atoms with Gasteiger partial charge in [-0.25, -0.2) is 0 Å². The smallest absolute Gasteiger partial charge is 0.0571 e. The van der Waals surface area contributed by atoms with Gasteiger partial charge in [-0.1, -0.05) is 17.7 Å². The molecule has 16 heavy (non-hydrogen) atoms. The van der Waals surface area contributed by atoms with Crippen LogP contribution < -0.4 is 5.73 Å². The molecule has 2 rings (SSSR count). The zero-order chi connectivity index (χ0) is 11.7. The summed E-state index contributed by atoms with van der Waals surface area (Å²) in [6, 6.07) is 5.63. The SMILES string of the molecule is NC(c1ccc(Br)c(Cl)c1)c1cscc1Br. The van der Waals surface area contributed by atoms with E-state index in [2.05, 4.69) is 31.9 Å². The second-order valence-electron chi connectivity index (χ2n) is 3.33. The van der Waals surface area contributed by atoms with Crippen molar-refractivity contribution in [3.63, 3.8) is 0 Å². The summed E-state index contributed by atoms with van der Waals surface area (Å²) in [6.45, 7) is 0. The van der Waals surface area contributed by atoms with Crippen LogP contribution in [-0.2, 0) is 0 Å². The molecule has 1 nitrogen and oxygen atoms in total. The van der Waals surface area contributed by atoms with Crippen molar-refractivity contribution in [2.24, 2.45) is 5.73 Å². The molecule has 0 fully saturated rings.